The Kier molecular flexibility index (Phi) is 7.12. The standard InChI is InChI=1S/C24H25BrN4O3/c1-2-8-28-9-7-17-3-4-18(10-19(17)14-28)23(30)15-29-24(31)11-22(13-27-29)32-16-21-6-5-20(25)12-26-21/h3-6,10-13H,2,7-9,14-16H2,1H3. The molecule has 0 spiro atoms. The zero-order valence-corrected chi connectivity index (χ0v) is 19.5. The summed E-state index contributed by atoms with van der Waals surface area (Å²) in [5.41, 5.74) is 3.45. The summed E-state index contributed by atoms with van der Waals surface area (Å²) in [5.74, 6) is 0.205. The minimum absolute atomic E-state index is 0.106. The molecule has 0 fully saturated rings. The van der Waals surface area contributed by atoms with Crippen molar-refractivity contribution in [2.24, 2.45) is 0 Å². The van der Waals surface area contributed by atoms with Gasteiger partial charge >= 0.3 is 0 Å². The summed E-state index contributed by atoms with van der Waals surface area (Å²) in [6.45, 7) is 5.27. The van der Waals surface area contributed by atoms with Crippen molar-refractivity contribution in [1.29, 1.82) is 0 Å². The highest BCUT2D eigenvalue weighted by Gasteiger charge is 2.18. The molecule has 0 bridgehead atoms. The van der Waals surface area contributed by atoms with Crippen molar-refractivity contribution < 1.29 is 9.53 Å². The molecule has 166 valence electrons. The average Bonchev–Trinajstić information content (AvgIpc) is 2.80. The number of benzene rings is 1. The van der Waals surface area contributed by atoms with Gasteiger partial charge in [-0.25, -0.2) is 4.68 Å². The summed E-state index contributed by atoms with van der Waals surface area (Å²) in [6, 6.07) is 10.9. The maximum atomic E-state index is 12.8. The van der Waals surface area contributed by atoms with E-state index in [0.29, 0.717) is 11.3 Å². The molecule has 8 heteroatoms. The van der Waals surface area contributed by atoms with E-state index in [-0.39, 0.29) is 24.5 Å². The lowest BCUT2D eigenvalue weighted by atomic mass is 9.96. The van der Waals surface area contributed by atoms with E-state index in [1.165, 1.54) is 23.4 Å². The van der Waals surface area contributed by atoms with E-state index in [1.807, 2.05) is 30.3 Å². The predicted octanol–water partition coefficient (Wildman–Crippen LogP) is 3.63. The Morgan fingerprint density at radius 3 is 2.78 bits per heavy atom. The maximum Gasteiger partial charge on any atom is 0.270 e. The number of fused-ring (bicyclic) bond motifs is 1. The normalized spacial score (nSPS) is 13.6. The number of pyridine rings is 1. The first-order valence-corrected chi connectivity index (χ1v) is 11.5. The van der Waals surface area contributed by atoms with Gasteiger partial charge in [-0.15, -0.1) is 0 Å². The summed E-state index contributed by atoms with van der Waals surface area (Å²) in [6.07, 6.45) is 5.25. The molecule has 0 atom stereocenters. The number of carbonyl (C=O) groups is 1. The first kappa shape index (κ1) is 22.4. The second-order valence-corrected chi connectivity index (χ2v) is 8.79. The monoisotopic (exact) mass is 496 g/mol. The first-order chi connectivity index (χ1) is 15.5. The molecule has 1 aliphatic heterocycles. The van der Waals surface area contributed by atoms with Crippen molar-refractivity contribution in [1.82, 2.24) is 19.7 Å². The van der Waals surface area contributed by atoms with Gasteiger partial charge < -0.3 is 4.74 Å². The number of Topliss-reactive ketones (excluding diaryl/α,β-unsaturated/α-hetero) is 1. The van der Waals surface area contributed by atoms with Crippen LogP contribution in [0, 0.1) is 0 Å². The number of ketones is 1. The molecule has 3 heterocycles. The molecular weight excluding hydrogens is 472 g/mol. The van der Waals surface area contributed by atoms with Crippen LogP contribution >= 0.6 is 15.9 Å². The van der Waals surface area contributed by atoms with Crippen LogP contribution in [0.3, 0.4) is 0 Å². The molecule has 4 rings (SSSR count). The Morgan fingerprint density at radius 1 is 1.16 bits per heavy atom. The second-order valence-electron chi connectivity index (χ2n) is 7.88. The van der Waals surface area contributed by atoms with E-state index in [0.717, 1.165) is 47.3 Å². The van der Waals surface area contributed by atoms with Crippen molar-refractivity contribution in [3.8, 4) is 5.75 Å². The quantitative estimate of drug-likeness (QED) is 0.443. The largest absolute Gasteiger partial charge is 0.485 e. The van der Waals surface area contributed by atoms with Crippen LogP contribution < -0.4 is 10.3 Å². The minimum Gasteiger partial charge on any atom is -0.485 e. The summed E-state index contributed by atoms with van der Waals surface area (Å²) in [7, 11) is 0. The lowest BCUT2D eigenvalue weighted by molar-refractivity contribution is 0.0965. The first-order valence-electron chi connectivity index (χ1n) is 10.7. The molecular formula is C24H25BrN4O3. The fourth-order valence-corrected chi connectivity index (χ4v) is 4.02. The summed E-state index contributed by atoms with van der Waals surface area (Å²) < 4.78 is 7.65. The van der Waals surface area contributed by atoms with Gasteiger partial charge in [-0.3, -0.25) is 19.5 Å². The topological polar surface area (TPSA) is 77.3 Å². The molecule has 0 N–H and O–H groups in total. The average molecular weight is 497 g/mol. The number of ether oxygens (including phenoxy) is 1. The summed E-state index contributed by atoms with van der Waals surface area (Å²) >= 11 is 3.34. The van der Waals surface area contributed by atoms with E-state index < -0.39 is 0 Å². The van der Waals surface area contributed by atoms with E-state index in [9.17, 15) is 9.59 Å². The molecule has 0 aliphatic carbocycles. The maximum absolute atomic E-state index is 12.8. The van der Waals surface area contributed by atoms with E-state index >= 15 is 0 Å². The predicted molar refractivity (Wildman–Crippen MR) is 125 cm³/mol. The third-order valence-electron chi connectivity index (χ3n) is 5.47. The van der Waals surface area contributed by atoms with Gasteiger partial charge in [-0.05, 0) is 64.6 Å². The summed E-state index contributed by atoms with van der Waals surface area (Å²) in [4.78, 5) is 31.9. The van der Waals surface area contributed by atoms with E-state index in [1.54, 1.807) is 6.20 Å². The number of carbonyl (C=O) groups excluding carboxylic acids is 1. The number of hydrogen-bond donors (Lipinski definition) is 0. The van der Waals surface area contributed by atoms with Crippen LogP contribution in [0.15, 0.2) is 58.1 Å². The van der Waals surface area contributed by atoms with Crippen molar-refractivity contribution >= 4 is 21.7 Å². The molecule has 0 saturated heterocycles. The molecule has 0 unspecified atom stereocenters. The molecule has 1 aliphatic rings. The fraction of sp³-hybridized carbons (Fsp3) is 0.333. The lowest BCUT2D eigenvalue weighted by Crippen LogP contribution is -2.31. The molecule has 0 amide bonds. The Hall–Kier alpha value is -2.84. The van der Waals surface area contributed by atoms with Gasteiger partial charge in [0, 0.05) is 35.4 Å². The van der Waals surface area contributed by atoms with Crippen molar-refractivity contribution in [2.45, 2.75) is 39.5 Å². The van der Waals surface area contributed by atoms with Crippen LogP contribution in [0.5, 0.6) is 5.75 Å². The van der Waals surface area contributed by atoms with Crippen LogP contribution in [-0.4, -0.2) is 38.5 Å². The molecule has 3 aromatic rings. The van der Waals surface area contributed by atoms with E-state index in [2.05, 4.69) is 37.8 Å². The number of halogens is 1. The molecule has 32 heavy (non-hydrogen) atoms. The fourth-order valence-electron chi connectivity index (χ4n) is 3.79. The highest BCUT2D eigenvalue weighted by molar-refractivity contribution is 9.10. The Morgan fingerprint density at radius 2 is 2.03 bits per heavy atom. The Labute approximate surface area is 195 Å². The number of hydrogen-bond acceptors (Lipinski definition) is 6. The van der Waals surface area contributed by atoms with Gasteiger partial charge in [0.15, 0.2) is 5.78 Å². The van der Waals surface area contributed by atoms with Crippen molar-refractivity contribution in [3.63, 3.8) is 0 Å². The van der Waals surface area contributed by atoms with Gasteiger partial charge in [0.1, 0.15) is 18.9 Å². The zero-order chi connectivity index (χ0) is 22.5. The molecule has 2 aromatic heterocycles. The second kappa shape index (κ2) is 10.2. The minimum atomic E-state index is -0.383. The Balaban J connectivity index is 1.40. The van der Waals surface area contributed by atoms with Gasteiger partial charge in [0.2, 0.25) is 0 Å². The third-order valence-corrected chi connectivity index (χ3v) is 5.94. The van der Waals surface area contributed by atoms with Crippen molar-refractivity contribution in [2.75, 3.05) is 13.1 Å². The van der Waals surface area contributed by atoms with Gasteiger partial charge in [0.05, 0.1) is 11.9 Å². The highest BCUT2D eigenvalue weighted by Crippen LogP contribution is 2.21. The van der Waals surface area contributed by atoms with Gasteiger partial charge in [-0.1, -0.05) is 19.1 Å². The molecule has 7 nitrogen and oxygen atoms in total. The number of nitrogens with zero attached hydrogens (tertiary/aromatic N) is 4. The molecule has 0 saturated carbocycles. The van der Waals surface area contributed by atoms with Crippen LogP contribution in [0.4, 0.5) is 0 Å². The Bertz CT molecular complexity index is 1160. The molecule has 0 radical (unpaired) electrons. The number of aromatic nitrogens is 3. The highest BCUT2D eigenvalue weighted by atomic mass is 79.9. The van der Waals surface area contributed by atoms with Crippen LogP contribution in [0.25, 0.3) is 0 Å². The van der Waals surface area contributed by atoms with Crippen LogP contribution in [-0.2, 0) is 26.1 Å². The molecule has 1 aromatic carbocycles. The third kappa shape index (κ3) is 5.49. The van der Waals surface area contributed by atoms with Gasteiger partial charge in [0.25, 0.3) is 5.56 Å². The number of rotatable bonds is 8. The van der Waals surface area contributed by atoms with Crippen molar-refractivity contribution in [3.05, 3.63) is 86.0 Å². The van der Waals surface area contributed by atoms with Crippen LogP contribution in [0.2, 0.25) is 0 Å². The summed E-state index contributed by atoms with van der Waals surface area (Å²) in [5, 5.41) is 4.12. The SMILES string of the molecule is CCCN1CCc2ccc(C(=O)Cn3ncc(OCc4ccc(Br)cn4)cc3=O)cc2C1. The van der Waals surface area contributed by atoms with Gasteiger partial charge in [-0.2, -0.15) is 5.10 Å². The smallest absolute Gasteiger partial charge is 0.270 e. The zero-order valence-electron chi connectivity index (χ0n) is 18.0. The van der Waals surface area contributed by atoms with E-state index in [4.69, 9.17) is 4.74 Å². The van der Waals surface area contributed by atoms with Crippen LogP contribution in [0.1, 0.15) is 40.5 Å². The lowest BCUT2D eigenvalue weighted by Gasteiger charge is -2.28.